The molecule has 0 saturated heterocycles. The fraction of sp³-hybridized carbons (Fsp3) is 0.222. The average molecular weight is 361 g/mol. The maximum atomic E-state index is 12.7. The Morgan fingerprint density at radius 1 is 1.12 bits per heavy atom. The standard InChI is InChI=1S/C18H14F3N3O2/c1-11(25)5-12-6-15-16(22-8-12)7-14(9-23-15)26-10-13-3-2-4-17(24-13)18(19,20)21/h2-4,6-9H,5,10H2,1H3. The molecular formula is C18H14F3N3O2. The zero-order chi connectivity index (χ0) is 18.7. The number of carbonyl (C=O) groups excluding carboxylic acids is 1. The topological polar surface area (TPSA) is 65.0 Å². The number of rotatable bonds is 5. The summed E-state index contributed by atoms with van der Waals surface area (Å²) < 4.78 is 43.5. The summed E-state index contributed by atoms with van der Waals surface area (Å²) in [7, 11) is 0. The minimum atomic E-state index is -4.50. The highest BCUT2D eigenvalue weighted by atomic mass is 19.4. The van der Waals surface area contributed by atoms with Crippen LogP contribution in [0.2, 0.25) is 0 Å². The van der Waals surface area contributed by atoms with Gasteiger partial charge in [-0.1, -0.05) is 6.07 Å². The van der Waals surface area contributed by atoms with Gasteiger partial charge in [-0.05, 0) is 30.7 Å². The van der Waals surface area contributed by atoms with Crippen molar-refractivity contribution in [2.75, 3.05) is 0 Å². The van der Waals surface area contributed by atoms with Crippen LogP contribution in [0, 0.1) is 0 Å². The van der Waals surface area contributed by atoms with Crippen LogP contribution in [-0.4, -0.2) is 20.7 Å². The first-order valence-electron chi connectivity index (χ1n) is 7.71. The molecule has 0 atom stereocenters. The van der Waals surface area contributed by atoms with Crippen molar-refractivity contribution in [2.24, 2.45) is 0 Å². The van der Waals surface area contributed by atoms with Gasteiger partial charge in [0.25, 0.3) is 0 Å². The number of hydrogen-bond donors (Lipinski definition) is 0. The third-order valence-electron chi connectivity index (χ3n) is 3.50. The van der Waals surface area contributed by atoms with Crippen molar-refractivity contribution in [2.45, 2.75) is 26.1 Å². The van der Waals surface area contributed by atoms with Crippen molar-refractivity contribution in [1.29, 1.82) is 0 Å². The summed E-state index contributed by atoms with van der Waals surface area (Å²) in [6.07, 6.45) is -1.18. The normalized spacial score (nSPS) is 11.5. The first-order chi connectivity index (χ1) is 12.3. The van der Waals surface area contributed by atoms with Gasteiger partial charge in [0.05, 0.1) is 22.9 Å². The largest absolute Gasteiger partial charge is 0.486 e. The summed E-state index contributed by atoms with van der Waals surface area (Å²) in [4.78, 5) is 23.2. The molecule has 26 heavy (non-hydrogen) atoms. The van der Waals surface area contributed by atoms with Crippen LogP contribution in [0.25, 0.3) is 11.0 Å². The van der Waals surface area contributed by atoms with Crippen molar-refractivity contribution in [3.05, 3.63) is 59.7 Å². The summed E-state index contributed by atoms with van der Waals surface area (Å²) in [5.41, 5.74) is 1.12. The Morgan fingerprint density at radius 3 is 2.58 bits per heavy atom. The lowest BCUT2D eigenvalue weighted by Crippen LogP contribution is -2.10. The van der Waals surface area contributed by atoms with E-state index in [-0.39, 0.29) is 24.5 Å². The summed E-state index contributed by atoms with van der Waals surface area (Å²) in [5.74, 6) is 0.392. The molecule has 0 aliphatic heterocycles. The molecule has 8 heteroatoms. The zero-order valence-corrected chi connectivity index (χ0v) is 13.7. The van der Waals surface area contributed by atoms with Crippen LogP contribution < -0.4 is 4.74 Å². The Morgan fingerprint density at radius 2 is 1.85 bits per heavy atom. The first-order valence-corrected chi connectivity index (χ1v) is 7.71. The minimum absolute atomic E-state index is 0.0275. The van der Waals surface area contributed by atoms with Crippen molar-refractivity contribution in [1.82, 2.24) is 15.0 Å². The van der Waals surface area contributed by atoms with E-state index in [9.17, 15) is 18.0 Å². The molecule has 0 saturated carbocycles. The number of ketones is 1. The van der Waals surface area contributed by atoms with Crippen molar-refractivity contribution in [3.8, 4) is 5.75 Å². The van der Waals surface area contributed by atoms with E-state index >= 15 is 0 Å². The van der Waals surface area contributed by atoms with Crippen LogP contribution in [0.3, 0.4) is 0 Å². The number of ether oxygens (including phenoxy) is 1. The summed E-state index contributed by atoms with van der Waals surface area (Å²) in [6, 6.07) is 7.04. The lowest BCUT2D eigenvalue weighted by Gasteiger charge is -2.09. The predicted octanol–water partition coefficient (Wildman–Crippen LogP) is 3.75. The van der Waals surface area contributed by atoms with Crippen molar-refractivity contribution in [3.63, 3.8) is 0 Å². The molecule has 3 rings (SSSR count). The summed E-state index contributed by atoms with van der Waals surface area (Å²) in [5, 5.41) is 0. The molecule has 0 N–H and O–H groups in total. The Kier molecular flexibility index (Phi) is 4.83. The highest BCUT2D eigenvalue weighted by Gasteiger charge is 2.32. The predicted molar refractivity (Wildman–Crippen MR) is 87.5 cm³/mol. The lowest BCUT2D eigenvalue weighted by molar-refractivity contribution is -0.141. The second-order valence-electron chi connectivity index (χ2n) is 5.73. The number of halogens is 3. The lowest BCUT2D eigenvalue weighted by atomic mass is 10.1. The van der Waals surface area contributed by atoms with E-state index in [4.69, 9.17) is 4.74 Å². The fourth-order valence-electron chi connectivity index (χ4n) is 2.36. The summed E-state index contributed by atoms with van der Waals surface area (Å²) >= 11 is 0. The number of carbonyl (C=O) groups is 1. The molecule has 134 valence electrons. The highest BCUT2D eigenvalue weighted by Crippen LogP contribution is 2.27. The molecule has 0 radical (unpaired) electrons. The van der Waals surface area contributed by atoms with Gasteiger partial charge in [0.2, 0.25) is 0 Å². The molecule has 3 heterocycles. The molecule has 0 aromatic carbocycles. The number of pyridine rings is 3. The number of fused-ring (bicyclic) bond motifs is 1. The molecular weight excluding hydrogens is 347 g/mol. The van der Waals surface area contributed by atoms with Gasteiger partial charge in [-0.3, -0.25) is 14.8 Å². The van der Waals surface area contributed by atoms with Crippen LogP contribution in [0.1, 0.15) is 23.9 Å². The SMILES string of the molecule is CC(=O)Cc1cnc2cc(OCc3cccc(C(F)(F)F)n3)cnc2c1. The molecule has 0 unspecified atom stereocenters. The van der Waals surface area contributed by atoms with E-state index in [1.807, 2.05) is 0 Å². The zero-order valence-electron chi connectivity index (χ0n) is 13.7. The van der Waals surface area contributed by atoms with Crippen molar-refractivity contribution < 1.29 is 22.7 Å². The molecule has 3 aromatic heterocycles. The van der Waals surface area contributed by atoms with Crippen molar-refractivity contribution >= 4 is 16.8 Å². The van der Waals surface area contributed by atoms with E-state index in [0.29, 0.717) is 16.8 Å². The number of nitrogens with zero attached hydrogens (tertiary/aromatic N) is 3. The molecule has 0 aliphatic rings. The number of aromatic nitrogens is 3. The van der Waals surface area contributed by atoms with Gasteiger partial charge in [-0.25, -0.2) is 4.98 Å². The minimum Gasteiger partial charge on any atom is -0.486 e. The molecule has 0 spiro atoms. The monoisotopic (exact) mass is 361 g/mol. The maximum absolute atomic E-state index is 12.7. The third kappa shape index (κ3) is 4.33. The van der Waals surface area contributed by atoms with Crippen LogP contribution in [0.4, 0.5) is 13.2 Å². The Labute approximate surface area is 146 Å². The average Bonchev–Trinajstić information content (AvgIpc) is 2.59. The first kappa shape index (κ1) is 17.8. The van der Waals surface area contributed by atoms with Gasteiger partial charge in [0, 0.05) is 18.7 Å². The highest BCUT2D eigenvalue weighted by molar-refractivity contribution is 5.81. The number of Topliss-reactive ketones (excluding diaryl/α,β-unsaturated/α-hetero) is 1. The van der Waals surface area contributed by atoms with Gasteiger partial charge >= 0.3 is 6.18 Å². The van der Waals surface area contributed by atoms with E-state index in [2.05, 4.69) is 15.0 Å². The Hall–Kier alpha value is -3.03. The molecule has 5 nitrogen and oxygen atoms in total. The van der Waals surface area contributed by atoms with Crippen LogP contribution >= 0.6 is 0 Å². The number of alkyl halides is 3. The second kappa shape index (κ2) is 7.07. The van der Waals surface area contributed by atoms with Gasteiger partial charge in [-0.15, -0.1) is 0 Å². The fourth-order valence-corrected chi connectivity index (χ4v) is 2.36. The van der Waals surface area contributed by atoms with E-state index < -0.39 is 11.9 Å². The molecule has 3 aromatic rings. The van der Waals surface area contributed by atoms with Gasteiger partial charge < -0.3 is 4.74 Å². The summed E-state index contributed by atoms with van der Waals surface area (Å²) in [6.45, 7) is 1.37. The number of hydrogen-bond acceptors (Lipinski definition) is 5. The molecule has 0 amide bonds. The molecule has 0 bridgehead atoms. The van der Waals surface area contributed by atoms with Crippen LogP contribution in [0.15, 0.2) is 42.7 Å². The van der Waals surface area contributed by atoms with E-state index in [1.165, 1.54) is 25.3 Å². The second-order valence-corrected chi connectivity index (χ2v) is 5.73. The van der Waals surface area contributed by atoms with Gasteiger partial charge in [0.1, 0.15) is 23.8 Å². The molecule has 0 aliphatic carbocycles. The van der Waals surface area contributed by atoms with E-state index in [0.717, 1.165) is 11.6 Å². The van der Waals surface area contributed by atoms with Gasteiger partial charge in [0.15, 0.2) is 0 Å². The van der Waals surface area contributed by atoms with Gasteiger partial charge in [-0.2, -0.15) is 13.2 Å². The third-order valence-corrected chi connectivity index (χ3v) is 3.50. The maximum Gasteiger partial charge on any atom is 0.433 e. The smallest absolute Gasteiger partial charge is 0.433 e. The Balaban J connectivity index is 1.74. The van der Waals surface area contributed by atoms with Crippen LogP contribution in [0.5, 0.6) is 5.75 Å². The Bertz CT molecular complexity index is 958. The van der Waals surface area contributed by atoms with E-state index in [1.54, 1.807) is 18.3 Å². The quantitative estimate of drug-likeness (QED) is 0.692. The van der Waals surface area contributed by atoms with Crippen LogP contribution in [-0.2, 0) is 24.0 Å². The molecule has 0 fully saturated rings.